The van der Waals surface area contributed by atoms with E-state index in [1.807, 2.05) is 5.01 Å². The topological polar surface area (TPSA) is 23.3 Å². The summed E-state index contributed by atoms with van der Waals surface area (Å²) in [5.41, 5.74) is 0.386. The van der Waals surface area contributed by atoms with E-state index in [1.165, 1.54) is 19.3 Å². The SMILES string of the molecule is C[N+](=O)N(CCCC(C)(C)C)C1CC1. The molecule has 0 bridgehead atoms. The van der Waals surface area contributed by atoms with E-state index in [9.17, 15) is 4.91 Å². The normalized spacial score (nSPS) is 16.9. The molecule has 0 aromatic heterocycles. The first-order valence-electron chi connectivity index (χ1n) is 5.57. The molecule has 14 heavy (non-hydrogen) atoms. The first kappa shape index (κ1) is 11.5. The van der Waals surface area contributed by atoms with E-state index in [4.69, 9.17) is 0 Å². The molecule has 0 amide bonds. The van der Waals surface area contributed by atoms with E-state index in [2.05, 4.69) is 20.8 Å². The zero-order chi connectivity index (χ0) is 10.8. The van der Waals surface area contributed by atoms with Crippen LogP contribution in [0.25, 0.3) is 0 Å². The molecule has 0 atom stereocenters. The molecule has 0 radical (unpaired) electrons. The zero-order valence-corrected chi connectivity index (χ0v) is 9.92. The maximum Gasteiger partial charge on any atom is 0.216 e. The lowest BCUT2D eigenvalue weighted by Crippen LogP contribution is -2.34. The first-order valence-corrected chi connectivity index (χ1v) is 5.57. The van der Waals surface area contributed by atoms with Crippen molar-refractivity contribution in [3.05, 3.63) is 4.91 Å². The van der Waals surface area contributed by atoms with Crippen molar-refractivity contribution in [2.24, 2.45) is 5.41 Å². The third kappa shape index (κ3) is 4.07. The third-order valence-electron chi connectivity index (χ3n) is 2.64. The lowest BCUT2D eigenvalue weighted by atomic mass is 9.90. The number of hydrogen-bond acceptors (Lipinski definition) is 1. The average Bonchev–Trinajstić information content (AvgIpc) is 2.77. The van der Waals surface area contributed by atoms with Crippen molar-refractivity contribution in [1.29, 1.82) is 0 Å². The minimum absolute atomic E-state index is 0.386. The second-order valence-corrected chi connectivity index (χ2v) is 5.52. The summed E-state index contributed by atoms with van der Waals surface area (Å²) in [5.74, 6) is 0. The fourth-order valence-corrected chi connectivity index (χ4v) is 1.70. The predicted molar refractivity (Wildman–Crippen MR) is 58.0 cm³/mol. The zero-order valence-electron chi connectivity index (χ0n) is 9.92. The molecule has 1 aliphatic carbocycles. The molecule has 0 heterocycles. The molecule has 1 fully saturated rings. The second-order valence-electron chi connectivity index (χ2n) is 5.52. The van der Waals surface area contributed by atoms with Crippen LogP contribution >= 0.6 is 0 Å². The van der Waals surface area contributed by atoms with Crippen molar-refractivity contribution in [2.75, 3.05) is 13.6 Å². The maximum absolute atomic E-state index is 11.2. The van der Waals surface area contributed by atoms with Crippen molar-refractivity contribution in [1.82, 2.24) is 5.01 Å². The van der Waals surface area contributed by atoms with Crippen LogP contribution in [0.1, 0.15) is 46.5 Å². The lowest BCUT2D eigenvalue weighted by Gasteiger charge is -2.19. The number of nitrogens with zero attached hydrogens (tertiary/aromatic N) is 2. The summed E-state index contributed by atoms with van der Waals surface area (Å²) in [6.07, 6.45) is 4.70. The summed E-state index contributed by atoms with van der Waals surface area (Å²) in [4.78, 5) is 12.2. The average molecular weight is 199 g/mol. The third-order valence-corrected chi connectivity index (χ3v) is 2.64. The Morgan fingerprint density at radius 1 is 1.36 bits per heavy atom. The van der Waals surface area contributed by atoms with Gasteiger partial charge in [-0.2, -0.15) is 0 Å². The molecule has 0 aromatic rings. The van der Waals surface area contributed by atoms with E-state index in [0.717, 1.165) is 17.8 Å². The summed E-state index contributed by atoms with van der Waals surface area (Å²) in [6, 6.07) is 0.539. The van der Waals surface area contributed by atoms with Gasteiger partial charge in [0.2, 0.25) is 7.05 Å². The lowest BCUT2D eigenvalue weighted by molar-refractivity contribution is -0.689. The van der Waals surface area contributed by atoms with Gasteiger partial charge in [-0.1, -0.05) is 20.8 Å². The van der Waals surface area contributed by atoms with Gasteiger partial charge in [0, 0.05) is 0 Å². The highest BCUT2D eigenvalue weighted by molar-refractivity contribution is 4.80. The van der Waals surface area contributed by atoms with Crippen LogP contribution in [-0.2, 0) is 0 Å². The highest BCUT2D eigenvalue weighted by Gasteiger charge is 2.35. The number of hydrogen-bond donors (Lipinski definition) is 0. The fraction of sp³-hybridized carbons (Fsp3) is 1.00. The molecule has 3 heteroatoms. The summed E-state index contributed by atoms with van der Waals surface area (Å²) in [5, 5.41) is 1.96. The molecule has 0 spiro atoms. The van der Waals surface area contributed by atoms with Gasteiger partial charge < -0.3 is 0 Å². The highest BCUT2D eigenvalue weighted by atomic mass is 16.3. The Kier molecular flexibility index (Phi) is 3.51. The van der Waals surface area contributed by atoms with Gasteiger partial charge in [0.1, 0.15) is 4.87 Å². The summed E-state index contributed by atoms with van der Waals surface area (Å²) < 4.78 is 0. The molecular weight excluding hydrogens is 176 g/mol. The Balaban J connectivity index is 2.24. The summed E-state index contributed by atoms with van der Waals surface area (Å²) in [6.45, 7) is 7.65. The van der Waals surface area contributed by atoms with Crippen molar-refractivity contribution in [3.63, 3.8) is 0 Å². The van der Waals surface area contributed by atoms with E-state index in [0.29, 0.717) is 11.5 Å². The van der Waals surface area contributed by atoms with Crippen LogP contribution in [0.5, 0.6) is 0 Å². The van der Waals surface area contributed by atoms with E-state index < -0.39 is 0 Å². The monoisotopic (exact) mass is 199 g/mol. The van der Waals surface area contributed by atoms with E-state index >= 15 is 0 Å². The molecule has 0 aliphatic heterocycles. The van der Waals surface area contributed by atoms with Crippen LogP contribution in [0.4, 0.5) is 0 Å². The smallest absolute Gasteiger partial charge is 0.138 e. The van der Waals surface area contributed by atoms with Gasteiger partial charge in [0.05, 0.1) is 17.5 Å². The number of hydrazine groups is 1. The standard InChI is InChI=1S/C11H23N2O/c1-11(2,3)8-5-9-13(12(4)14)10-6-7-10/h10H,5-9H2,1-4H3/q+1. The van der Waals surface area contributed by atoms with Crippen LogP contribution in [0.2, 0.25) is 0 Å². The van der Waals surface area contributed by atoms with Gasteiger partial charge in [-0.25, -0.2) is 0 Å². The molecule has 1 aliphatic rings. The molecule has 0 unspecified atom stereocenters. The Morgan fingerprint density at radius 2 is 1.93 bits per heavy atom. The number of rotatable bonds is 5. The minimum atomic E-state index is 0.386. The van der Waals surface area contributed by atoms with Crippen LogP contribution in [0.3, 0.4) is 0 Å². The van der Waals surface area contributed by atoms with E-state index in [-0.39, 0.29) is 0 Å². The number of nitroso groups, excluding NO2 is 1. The fourth-order valence-electron chi connectivity index (χ4n) is 1.70. The quantitative estimate of drug-likeness (QED) is 0.502. The van der Waals surface area contributed by atoms with Gasteiger partial charge in [-0.3, -0.25) is 0 Å². The Bertz CT molecular complexity index is 204. The predicted octanol–water partition coefficient (Wildman–Crippen LogP) is 2.60. The van der Waals surface area contributed by atoms with Gasteiger partial charge in [0.25, 0.3) is 0 Å². The van der Waals surface area contributed by atoms with Crippen LogP contribution in [0, 0.1) is 10.3 Å². The van der Waals surface area contributed by atoms with Gasteiger partial charge >= 0.3 is 0 Å². The van der Waals surface area contributed by atoms with E-state index in [1.54, 1.807) is 7.05 Å². The van der Waals surface area contributed by atoms with Crippen molar-refractivity contribution in [2.45, 2.75) is 52.5 Å². The Labute approximate surface area is 87.0 Å². The largest absolute Gasteiger partial charge is 0.216 e. The summed E-state index contributed by atoms with van der Waals surface area (Å²) in [7, 11) is 1.61. The molecule has 0 saturated heterocycles. The van der Waals surface area contributed by atoms with Gasteiger partial charge in [-0.05, 0) is 31.1 Å². The maximum atomic E-state index is 11.2. The summed E-state index contributed by atoms with van der Waals surface area (Å²) >= 11 is 0. The second kappa shape index (κ2) is 4.28. The first-order chi connectivity index (χ1) is 6.40. The Hall–Kier alpha value is -0.600. The van der Waals surface area contributed by atoms with Crippen LogP contribution in [0.15, 0.2) is 0 Å². The van der Waals surface area contributed by atoms with Crippen LogP contribution < -0.4 is 0 Å². The highest BCUT2D eigenvalue weighted by Crippen LogP contribution is 2.28. The molecule has 3 nitrogen and oxygen atoms in total. The minimum Gasteiger partial charge on any atom is -0.138 e. The van der Waals surface area contributed by atoms with Gasteiger partial charge in [-0.15, -0.1) is 5.01 Å². The van der Waals surface area contributed by atoms with Crippen molar-refractivity contribution in [3.8, 4) is 0 Å². The van der Waals surface area contributed by atoms with Crippen LogP contribution in [-0.4, -0.2) is 29.5 Å². The molecular formula is C11H23N2O+. The van der Waals surface area contributed by atoms with Crippen molar-refractivity contribution >= 4 is 0 Å². The Morgan fingerprint density at radius 3 is 2.29 bits per heavy atom. The molecule has 0 N–H and O–H groups in total. The molecule has 82 valence electrons. The van der Waals surface area contributed by atoms with Crippen molar-refractivity contribution < 1.29 is 4.87 Å². The molecule has 0 aromatic carbocycles. The van der Waals surface area contributed by atoms with Gasteiger partial charge in [0.15, 0.2) is 0 Å². The molecule has 1 saturated carbocycles. The molecule has 1 rings (SSSR count).